The first kappa shape index (κ1) is 9.93. The van der Waals surface area contributed by atoms with Gasteiger partial charge in [-0.25, -0.2) is 4.98 Å². The fraction of sp³-hybridized carbons (Fsp3) is 0.250. The number of hydrogen-bond acceptors (Lipinski definition) is 2. The zero-order valence-electron chi connectivity index (χ0n) is 8.80. The Labute approximate surface area is 89.6 Å². The molecule has 0 bridgehead atoms. The van der Waals surface area contributed by atoms with Gasteiger partial charge in [-0.05, 0) is 5.56 Å². The Morgan fingerprint density at radius 3 is 2.60 bits per heavy atom. The molecule has 0 saturated heterocycles. The van der Waals surface area contributed by atoms with Gasteiger partial charge in [-0.15, -0.1) is 0 Å². The second kappa shape index (κ2) is 4.28. The summed E-state index contributed by atoms with van der Waals surface area (Å²) < 4.78 is 2.02. The van der Waals surface area contributed by atoms with E-state index in [1.807, 2.05) is 36.0 Å². The van der Waals surface area contributed by atoms with Crippen LogP contribution in [-0.4, -0.2) is 16.1 Å². The maximum absolute atomic E-state index is 5.81. The molecule has 0 aliphatic rings. The summed E-state index contributed by atoms with van der Waals surface area (Å²) in [5, 5.41) is 0. The summed E-state index contributed by atoms with van der Waals surface area (Å²) in [6, 6.07) is 10.2. The molecule has 0 aliphatic heterocycles. The van der Waals surface area contributed by atoms with Gasteiger partial charge in [-0.1, -0.05) is 30.3 Å². The van der Waals surface area contributed by atoms with E-state index >= 15 is 0 Å². The minimum atomic E-state index is 0.186. The SMILES string of the molecule is Cn1ccnc1C(CN)c1ccccc1. The van der Waals surface area contributed by atoms with E-state index in [0.717, 1.165) is 5.82 Å². The van der Waals surface area contributed by atoms with Crippen LogP contribution in [0.4, 0.5) is 0 Å². The first-order valence-corrected chi connectivity index (χ1v) is 5.05. The fourth-order valence-electron chi connectivity index (χ4n) is 1.79. The van der Waals surface area contributed by atoms with E-state index < -0.39 is 0 Å². The van der Waals surface area contributed by atoms with Crippen LogP contribution < -0.4 is 5.73 Å². The van der Waals surface area contributed by atoms with E-state index in [1.54, 1.807) is 6.20 Å². The molecule has 0 radical (unpaired) electrons. The summed E-state index contributed by atoms with van der Waals surface area (Å²) in [5.74, 6) is 1.20. The second-order valence-corrected chi connectivity index (χ2v) is 3.60. The van der Waals surface area contributed by atoms with Crippen molar-refractivity contribution in [2.45, 2.75) is 5.92 Å². The molecule has 15 heavy (non-hydrogen) atoms. The summed E-state index contributed by atoms with van der Waals surface area (Å²) in [4.78, 5) is 4.35. The summed E-state index contributed by atoms with van der Waals surface area (Å²) in [6.45, 7) is 0.578. The van der Waals surface area contributed by atoms with Crippen molar-refractivity contribution in [3.05, 3.63) is 54.1 Å². The van der Waals surface area contributed by atoms with E-state index in [0.29, 0.717) is 6.54 Å². The predicted octanol–water partition coefficient (Wildman–Crippen LogP) is 1.51. The van der Waals surface area contributed by atoms with Crippen molar-refractivity contribution in [2.24, 2.45) is 12.8 Å². The first-order chi connectivity index (χ1) is 7.33. The molecule has 78 valence electrons. The number of imidazole rings is 1. The quantitative estimate of drug-likeness (QED) is 0.818. The molecule has 0 amide bonds. The molecule has 0 aliphatic carbocycles. The van der Waals surface area contributed by atoms with Crippen LogP contribution in [0.3, 0.4) is 0 Å². The molecule has 3 nitrogen and oxygen atoms in total. The average Bonchev–Trinajstić information content (AvgIpc) is 2.68. The number of nitrogens with zero attached hydrogens (tertiary/aromatic N) is 2. The fourth-order valence-corrected chi connectivity index (χ4v) is 1.79. The number of nitrogens with two attached hydrogens (primary N) is 1. The van der Waals surface area contributed by atoms with Gasteiger partial charge in [-0.3, -0.25) is 0 Å². The van der Waals surface area contributed by atoms with E-state index in [2.05, 4.69) is 17.1 Å². The van der Waals surface area contributed by atoms with Crippen LogP contribution in [0.5, 0.6) is 0 Å². The van der Waals surface area contributed by atoms with Crippen molar-refractivity contribution in [1.82, 2.24) is 9.55 Å². The van der Waals surface area contributed by atoms with Gasteiger partial charge in [0.25, 0.3) is 0 Å². The van der Waals surface area contributed by atoms with Crippen molar-refractivity contribution < 1.29 is 0 Å². The van der Waals surface area contributed by atoms with E-state index in [-0.39, 0.29) is 5.92 Å². The predicted molar refractivity (Wildman–Crippen MR) is 60.5 cm³/mol. The zero-order chi connectivity index (χ0) is 10.7. The molecular weight excluding hydrogens is 186 g/mol. The highest BCUT2D eigenvalue weighted by Gasteiger charge is 2.15. The molecular formula is C12H15N3. The van der Waals surface area contributed by atoms with E-state index in [4.69, 9.17) is 5.73 Å². The molecule has 1 heterocycles. The maximum atomic E-state index is 5.81. The van der Waals surface area contributed by atoms with Crippen LogP contribution >= 0.6 is 0 Å². The Hall–Kier alpha value is -1.61. The summed E-state index contributed by atoms with van der Waals surface area (Å²) >= 11 is 0. The summed E-state index contributed by atoms with van der Waals surface area (Å²) in [6.07, 6.45) is 3.75. The molecule has 1 unspecified atom stereocenters. The van der Waals surface area contributed by atoms with Gasteiger partial charge in [0.05, 0.1) is 5.92 Å². The first-order valence-electron chi connectivity index (χ1n) is 5.05. The Kier molecular flexibility index (Phi) is 2.83. The maximum Gasteiger partial charge on any atom is 0.117 e. The van der Waals surface area contributed by atoms with Crippen LogP contribution in [0.1, 0.15) is 17.3 Å². The molecule has 2 rings (SSSR count). The van der Waals surface area contributed by atoms with Crippen LogP contribution in [-0.2, 0) is 7.05 Å². The highest BCUT2D eigenvalue weighted by molar-refractivity contribution is 5.26. The molecule has 3 heteroatoms. The molecule has 2 aromatic rings. The topological polar surface area (TPSA) is 43.8 Å². The summed E-state index contributed by atoms with van der Waals surface area (Å²) in [7, 11) is 1.99. The molecule has 0 saturated carbocycles. The smallest absolute Gasteiger partial charge is 0.117 e. The molecule has 0 spiro atoms. The molecule has 1 aromatic heterocycles. The Morgan fingerprint density at radius 1 is 1.33 bits per heavy atom. The summed E-state index contributed by atoms with van der Waals surface area (Å²) in [5.41, 5.74) is 7.03. The highest BCUT2D eigenvalue weighted by atomic mass is 15.0. The minimum absolute atomic E-state index is 0.186. The number of benzene rings is 1. The lowest BCUT2D eigenvalue weighted by Crippen LogP contribution is -2.17. The number of aromatic nitrogens is 2. The lowest BCUT2D eigenvalue weighted by Gasteiger charge is -2.14. The van der Waals surface area contributed by atoms with E-state index in [9.17, 15) is 0 Å². The lowest BCUT2D eigenvalue weighted by atomic mass is 9.98. The van der Waals surface area contributed by atoms with Gasteiger partial charge in [0.1, 0.15) is 5.82 Å². The van der Waals surface area contributed by atoms with Gasteiger partial charge < -0.3 is 10.3 Å². The number of rotatable bonds is 3. The van der Waals surface area contributed by atoms with Gasteiger partial charge in [0.2, 0.25) is 0 Å². The van der Waals surface area contributed by atoms with Crippen molar-refractivity contribution in [2.75, 3.05) is 6.54 Å². The van der Waals surface area contributed by atoms with Crippen molar-refractivity contribution in [1.29, 1.82) is 0 Å². The average molecular weight is 201 g/mol. The van der Waals surface area contributed by atoms with Crippen LogP contribution in [0.15, 0.2) is 42.7 Å². The lowest BCUT2D eigenvalue weighted by molar-refractivity contribution is 0.698. The third-order valence-corrected chi connectivity index (χ3v) is 2.61. The molecule has 0 fully saturated rings. The normalized spacial score (nSPS) is 12.7. The number of hydrogen-bond donors (Lipinski definition) is 1. The monoisotopic (exact) mass is 201 g/mol. The van der Waals surface area contributed by atoms with Gasteiger partial charge in [-0.2, -0.15) is 0 Å². The van der Waals surface area contributed by atoms with E-state index in [1.165, 1.54) is 5.56 Å². The number of aryl methyl sites for hydroxylation is 1. The van der Waals surface area contributed by atoms with Crippen molar-refractivity contribution in [3.63, 3.8) is 0 Å². The minimum Gasteiger partial charge on any atom is -0.337 e. The zero-order valence-corrected chi connectivity index (χ0v) is 8.80. The molecule has 1 atom stereocenters. The third kappa shape index (κ3) is 1.92. The van der Waals surface area contributed by atoms with Gasteiger partial charge in [0, 0.05) is 26.0 Å². The highest BCUT2D eigenvalue weighted by Crippen LogP contribution is 2.21. The van der Waals surface area contributed by atoms with Crippen LogP contribution in [0, 0.1) is 0 Å². The second-order valence-electron chi connectivity index (χ2n) is 3.60. The van der Waals surface area contributed by atoms with Crippen molar-refractivity contribution in [3.8, 4) is 0 Å². The standard InChI is InChI=1S/C12H15N3/c1-15-8-7-14-12(15)11(9-13)10-5-3-2-4-6-10/h2-8,11H,9,13H2,1H3. The van der Waals surface area contributed by atoms with Gasteiger partial charge >= 0.3 is 0 Å². The Balaban J connectivity index is 2.37. The Morgan fingerprint density at radius 2 is 2.07 bits per heavy atom. The van der Waals surface area contributed by atoms with Crippen molar-refractivity contribution >= 4 is 0 Å². The van der Waals surface area contributed by atoms with Crippen LogP contribution in [0.25, 0.3) is 0 Å². The molecule has 1 aromatic carbocycles. The molecule has 2 N–H and O–H groups in total. The Bertz CT molecular complexity index is 419. The van der Waals surface area contributed by atoms with Gasteiger partial charge in [0.15, 0.2) is 0 Å². The van der Waals surface area contributed by atoms with Crippen LogP contribution in [0.2, 0.25) is 0 Å². The third-order valence-electron chi connectivity index (χ3n) is 2.61. The largest absolute Gasteiger partial charge is 0.337 e.